The van der Waals surface area contributed by atoms with Gasteiger partial charge in [0.1, 0.15) is 0 Å². The molecule has 2 nitrogen and oxygen atoms in total. The standard InChI is InChI=1S/C46H32N2/c1-5-19-35(20-6-1)47(36-21-7-2-8-22-36)45-41-31-29-33-17-13-15-27-39(33)43(41)44-40-28-16-14-18-34(40)30-32-42(44)46(45)48(37-23-9-3-10-24-37)38-25-11-4-12-26-38/h1-32H. The van der Waals surface area contributed by atoms with Gasteiger partial charge in [0.05, 0.1) is 11.4 Å². The van der Waals surface area contributed by atoms with Crippen LogP contribution in [0.1, 0.15) is 0 Å². The van der Waals surface area contributed by atoms with Gasteiger partial charge in [-0.1, -0.05) is 146 Å². The summed E-state index contributed by atoms with van der Waals surface area (Å²) >= 11 is 0. The minimum Gasteiger partial charge on any atom is -0.308 e. The predicted molar refractivity (Wildman–Crippen MR) is 206 cm³/mol. The third-order valence-corrected chi connectivity index (χ3v) is 9.35. The monoisotopic (exact) mass is 612 g/mol. The fraction of sp³-hybridized carbons (Fsp3) is 0. The molecule has 9 aromatic rings. The van der Waals surface area contributed by atoms with Crippen LogP contribution < -0.4 is 9.80 Å². The summed E-state index contributed by atoms with van der Waals surface area (Å²) in [5.74, 6) is 0. The van der Waals surface area contributed by atoms with Gasteiger partial charge in [-0.25, -0.2) is 0 Å². The second-order valence-corrected chi connectivity index (χ2v) is 12.1. The van der Waals surface area contributed by atoms with Crippen LogP contribution in [-0.2, 0) is 0 Å². The number of benzene rings is 9. The molecule has 0 unspecified atom stereocenters. The van der Waals surface area contributed by atoms with Gasteiger partial charge in [-0.05, 0) is 70.1 Å². The lowest BCUT2D eigenvalue weighted by Crippen LogP contribution is -2.18. The summed E-state index contributed by atoms with van der Waals surface area (Å²) in [6.07, 6.45) is 0. The first kappa shape index (κ1) is 27.9. The fourth-order valence-electron chi connectivity index (χ4n) is 7.31. The highest BCUT2D eigenvalue weighted by Crippen LogP contribution is 2.54. The molecule has 0 bridgehead atoms. The van der Waals surface area contributed by atoms with Gasteiger partial charge in [0.25, 0.3) is 0 Å². The first-order chi connectivity index (χ1) is 23.9. The van der Waals surface area contributed by atoms with Crippen molar-refractivity contribution >= 4 is 77.2 Å². The van der Waals surface area contributed by atoms with E-state index in [1.54, 1.807) is 0 Å². The summed E-state index contributed by atoms with van der Waals surface area (Å²) in [7, 11) is 0. The Morgan fingerprint density at radius 2 is 0.521 bits per heavy atom. The number of nitrogens with zero attached hydrogens (tertiary/aromatic N) is 2. The molecule has 0 fully saturated rings. The molecule has 9 aromatic carbocycles. The van der Waals surface area contributed by atoms with Crippen molar-refractivity contribution in [3.63, 3.8) is 0 Å². The van der Waals surface area contributed by atoms with Crippen LogP contribution in [0.5, 0.6) is 0 Å². The first-order valence-electron chi connectivity index (χ1n) is 16.5. The molecular weight excluding hydrogens is 581 g/mol. The van der Waals surface area contributed by atoms with Gasteiger partial charge < -0.3 is 9.80 Å². The van der Waals surface area contributed by atoms with Crippen molar-refractivity contribution in [2.45, 2.75) is 0 Å². The van der Waals surface area contributed by atoms with Crippen molar-refractivity contribution in [3.05, 3.63) is 194 Å². The van der Waals surface area contributed by atoms with Crippen molar-refractivity contribution in [3.8, 4) is 0 Å². The van der Waals surface area contributed by atoms with Crippen LogP contribution in [0.25, 0.3) is 43.1 Å². The van der Waals surface area contributed by atoms with Crippen LogP contribution in [0.15, 0.2) is 194 Å². The van der Waals surface area contributed by atoms with Gasteiger partial charge >= 0.3 is 0 Å². The van der Waals surface area contributed by atoms with E-state index in [4.69, 9.17) is 0 Å². The van der Waals surface area contributed by atoms with Crippen LogP contribution in [0, 0.1) is 0 Å². The highest BCUT2D eigenvalue weighted by molar-refractivity contribution is 6.34. The Bertz CT molecular complexity index is 2280. The first-order valence-corrected chi connectivity index (χ1v) is 16.5. The molecule has 0 amide bonds. The number of para-hydroxylation sites is 4. The number of hydrogen-bond acceptors (Lipinski definition) is 2. The van der Waals surface area contributed by atoms with Gasteiger partial charge in [0.2, 0.25) is 0 Å². The van der Waals surface area contributed by atoms with E-state index >= 15 is 0 Å². The quantitative estimate of drug-likeness (QED) is 0.136. The van der Waals surface area contributed by atoms with E-state index in [2.05, 4.69) is 204 Å². The normalized spacial score (nSPS) is 11.3. The third kappa shape index (κ3) is 4.58. The molecule has 0 aromatic heterocycles. The lowest BCUT2D eigenvalue weighted by molar-refractivity contribution is 1.25. The van der Waals surface area contributed by atoms with Crippen LogP contribution in [0.3, 0.4) is 0 Å². The molecule has 0 radical (unpaired) electrons. The molecular formula is C46H32N2. The molecule has 0 aliphatic heterocycles. The Morgan fingerprint density at radius 3 is 0.854 bits per heavy atom. The predicted octanol–water partition coefficient (Wildman–Crippen LogP) is 13.2. The van der Waals surface area contributed by atoms with Gasteiger partial charge in [0, 0.05) is 44.3 Å². The molecule has 0 saturated heterocycles. The van der Waals surface area contributed by atoms with E-state index < -0.39 is 0 Å². The van der Waals surface area contributed by atoms with Gasteiger partial charge in [0.15, 0.2) is 0 Å². The summed E-state index contributed by atoms with van der Waals surface area (Å²) in [4.78, 5) is 4.89. The van der Waals surface area contributed by atoms with Crippen LogP contribution in [0.4, 0.5) is 34.1 Å². The minimum atomic E-state index is 1.10. The molecule has 0 aliphatic carbocycles. The lowest BCUT2D eigenvalue weighted by Gasteiger charge is -2.35. The average molecular weight is 613 g/mol. The van der Waals surface area contributed by atoms with Crippen molar-refractivity contribution in [2.75, 3.05) is 9.80 Å². The minimum absolute atomic E-state index is 1.10. The summed E-state index contributed by atoms with van der Waals surface area (Å²) in [6.45, 7) is 0. The molecule has 0 spiro atoms. The fourth-order valence-corrected chi connectivity index (χ4v) is 7.31. The molecule has 0 atom stereocenters. The molecule has 226 valence electrons. The molecule has 0 aliphatic rings. The highest BCUT2D eigenvalue weighted by Gasteiger charge is 2.28. The van der Waals surface area contributed by atoms with Crippen molar-refractivity contribution < 1.29 is 0 Å². The van der Waals surface area contributed by atoms with Gasteiger partial charge in [-0.15, -0.1) is 0 Å². The second kappa shape index (κ2) is 11.8. The Morgan fingerprint density at radius 1 is 0.229 bits per heavy atom. The number of rotatable bonds is 6. The van der Waals surface area contributed by atoms with E-state index in [1.165, 1.54) is 43.1 Å². The second-order valence-electron chi connectivity index (χ2n) is 12.1. The molecule has 48 heavy (non-hydrogen) atoms. The smallest absolute Gasteiger partial charge is 0.0788 e. The van der Waals surface area contributed by atoms with E-state index in [0.717, 1.165) is 34.1 Å². The van der Waals surface area contributed by atoms with Crippen molar-refractivity contribution in [1.82, 2.24) is 0 Å². The Balaban J connectivity index is 1.58. The Labute approximate surface area is 280 Å². The summed E-state index contributed by atoms with van der Waals surface area (Å²) < 4.78 is 0. The van der Waals surface area contributed by atoms with Crippen molar-refractivity contribution in [2.24, 2.45) is 0 Å². The lowest BCUT2D eigenvalue weighted by atomic mass is 9.89. The van der Waals surface area contributed by atoms with E-state index in [0.29, 0.717) is 0 Å². The van der Waals surface area contributed by atoms with Gasteiger partial charge in [-0.2, -0.15) is 0 Å². The number of anilines is 6. The number of fused-ring (bicyclic) bond motifs is 7. The van der Waals surface area contributed by atoms with Crippen LogP contribution in [-0.4, -0.2) is 0 Å². The SMILES string of the molecule is c1ccc(N(c2ccccc2)c2c(N(c3ccccc3)c3ccccc3)c3ccc4ccccc4c3c3c2ccc2ccccc23)cc1. The maximum Gasteiger partial charge on any atom is 0.0788 e. The van der Waals surface area contributed by atoms with E-state index in [-0.39, 0.29) is 0 Å². The van der Waals surface area contributed by atoms with E-state index in [9.17, 15) is 0 Å². The molecule has 0 heterocycles. The molecule has 0 N–H and O–H groups in total. The summed E-state index contributed by atoms with van der Waals surface area (Å²) in [5, 5.41) is 9.86. The maximum atomic E-state index is 2.44. The zero-order valence-electron chi connectivity index (χ0n) is 26.4. The Kier molecular flexibility index (Phi) is 6.84. The van der Waals surface area contributed by atoms with Crippen LogP contribution in [0.2, 0.25) is 0 Å². The highest BCUT2D eigenvalue weighted by atomic mass is 15.2. The molecule has 9 rings (SSSR count). The zero-order chi connectivity index (χ0) is 31.9. The topological polar surface area (TPSA) is 6.48 Å². The van der Waals surface area contributed by atoms with Gasteiger partial charge in [-0.3, -0.25) is 0 Å². The average Bonchev–Trinajstić information content (AvgIpc) is 3.17. The zero-order valence-corrected chi connectivity index (χ0v) is 26.4. The van der Waals surface area contributed by atoms with Crippen LogP contribution >= 0.6 is 0 Å². The number of hydrogen-bond donors (Lipinski definition) is 0. The van der Waals surface area contributed by atoms with E-state index in [1.807, 2.05) is 0 Å². The third-order valence-electron chi connectivity index (χ3n) is 9.35. The van der Waals surface area contributed by atoms with Crippen molar-refractivity contribution in [1.29, 1.82) is 0 Å². The molecule has 0 saturated carbocycles. The maximum absolute atomic E-state index is 2.44. The summed E-state index contributed by atoms with van der Waals surface area (Å²) in [6, 6.07) is 69.9. The summed E-state index contributed by atoms with van der Waals surface area (Å²) in [5.41, 5.74) is 6.65. The largest absolute Gasteiger partial charge is 0.308 e. The Hall–Kier alpha value is -6.38. The molecule has 2 heteroatoms.